The van der Waals surface area contributed by atoms with Crippen LogP contribution in [0, 0.1) is 10.1 Å². The molecule has 1 heterocycles. The van der Waals surface area contributed by atoms with Crippen LogP contribution in [0.3, 0.4) is 0 Å². The minimum absolute atomic E-state index is 0.0128. The summed E-state index contributed by atoms with van der Waals surface area (Å²) in [6.45, 7) is 3.31. The molecule has 132 valence electrons. The van der Waals surface area contributed by atoms with E-state index in [4.69, 9.17) is 9.84 Å². The molecule has 0 radical (unpaired) electrons. The number of aromatic nitrogens is 2. The first-order valence-corrected chi connectivity index (χ1v) is 7.27. The van der Waals surface area contributed by atoms with Crippen LogP contribution in [-0.2, 0) is 11.3 Å². The average molecular weight is 348 g/mol. The number of nitro groups is 1. The molecule has 10 nitrogen and oxygen atoms in total. The maximum atomic E-state index is 12.1. The van der Waals surface area contributed by atoms with E-state index in [0.29, 0.717) is 5.75 Å². The molecule has 2 N–H and O–H groups in total. The lowest BCUT2D eigenvalue weighted by molar-refractivity contribution is -0.385. The van der Waals surface area contributed by atoms with Crippen molar-refractivity contribution in [2.24, 2.45) is 0 Å². The van der Waals surface area contributed by atoms with Gasteiger partial charge in [-0.15, -0.1) is 0 Å². The first kappa shape index (κ1) is 17.9. The van der Waals surface area contributed by atoms with Crippen LogP contribution < -0.4 is 10.1 Å². The number of nitrogens with one attached hydrogen (secondary N) is 1. The fraction of sp³-hybridized carbons (Fsp3) is 0.267. The summed E-state index contributed by atoms with van der Waals surface area (Å²) in [5.74, 6) is -1.36. The van der Waals surface area contributed by atoms with Gasteiger partial charge in [0.05, 0.1) is 22.3 Å². The zero-order chi connectivity index (χ0) is 18.6. The number of rotatable bonds is 7. The van der Waals surface area contributed by atoms with Gasteiger partial charge in [-0.25, -0.2) is 4.79 Å². The van der Waals surface area contributed by atoms with Gasteiger partial charge >= 0.3 is 11.7 Å². The smallest absolute Gasteiger partial charge is 0.335 e. The number of ether oxygens (including phenoxy) is 1. The third kappa shape index (κ3) is 4.77. The van der Waals surface area contributed by atoms with Crippen molar-refractivity contribution >= 4 is 23.3 Å². The molecule has 0 aliphatic heterocycles. The van der Waals surface area contributed by atoms with E-state index in [-0.39, 0.29) is 29.6 Å². The molecule has 25 heavy (non-hydrogen) atoms. The molecular formula is C15H16N4O6. The number of hydrogen-bond donors (Lipinski definition) is 2. The largest absolute Gasteiger partial charge is 0.489 e. The molecule has 0 aliphatic rings. The molecule has 0 fully saturated rings. The summed E-state index contributed by atoms with van der Waals surface area (Å²) >= 11 is 0. The summed E-state index contributed by atoms with van der Waals surface area (Å²) in [4.78, 5) is 33.2. The molecule has 0 saturated carbocycles. The number of hydrogen-bond acceptors (Lipinski definition) is 6. The number of amides is 1. The van der Waals surface area contributed by atoms with Crippen LogP contribution in [0.1, 0.15) is 24.2 Å². The second kappa shape index (κ2) is 7.43. The number of nitrogens with zero attached hydrogens (tertiary/aromatic N) is 3. The van der Waals surface area contributed by atoms with Crippen LogP contribution in [0.5, 0.6) is 5.75 Å². The van der Waals surface area contributed by atoms with Crippen molar-refractivity contribution in [2.75, 3.05) is 5.32 Å². The summed E-state index contributed by atoms with van der Waals surface area (Å²) in [6, 6.07) is 4.11. The molecule has 0 spiro atoms. The van der Waals surface area contributed by atoms with E-state index in [1.165, 1.54) is 18.2 Å². The zero-order valence-electron chi connectivity index (χ0n) is 13.5. The molecule has 2 rings (SSSR count). The van der Waals surface area contributed by atoms with E-state index >= 15 is 0 Å². The molecule has 0 unspecified atom stereocenters. The van der Waals surface area contributed by atoms with E-state index in [9.17, 15) is 19.7 Å². The number of anilines is 1. The predicted octanol–water partition coefficient (Wildman–Crippen LogP) is 1.92. The molecule has 10 heteroatoms. The van der Waals surface area contributed by atoms with Gasteiger partial charge in [0.1, 0.15) is 24.7 Å². The molecule has 0 bridgehead atoms. The van der Waals surface area contributed by atoms with Gasteiger partial charge in [-0.05, 0) is 32.0 Å². The number of carbonyl (C=O) groups excluding carboxylic acids is 1. The first-order chi connectivity index (χ1) is 11.8. The highest BCUT2D eigenvalue weighted by Crippen LogP contribution is 2.27. The van der Waals surface area contributed by atoms with E-state index in [2.05, 4.69) is 10.4 Å². The maximum absolute atomic E-state index is 12.1. The highest BCUT2D eigenvalue weighted by molar-refractivity contribution is 5.95. The Morgan fingerprint density at radius 3 is 2.72 bits per heavy atom. The summed E-state index contributed by atoms with van der Waals surface area (Å²) in [7, 11) is 0. The highest BCUT2D eigenvalue weighted by Gasteiger charge is 2.15. The van der Waals surface area contributed by atoms with Crippen molar-refractivity contribution in [1.82, 2.24) is 9.78 Å². The van der Waals surface area contributed by atoms with Crippen molar-refractivity contribution in [3.05, 3.63) is 46.3 Å². The van der Waals surface area contributed by atoms with Gasteiger partial charge in [-0.3, -0.25) is 19.6 Å². The van der Waals surface area contributed by atoms with Gasteiger partial charge in [-0.1, -0.05) is 0 Å². The minimum Gasteiger partial charge on any atom is -0.489 e. The van der Waals surface area contributed by atoms with Gasteiger partial charge in [0.15, 0.2) is 0 Å². The fourth-order valence-electron chi connectivity index (χ4n) is 1.99. The molecule has 2 aromatic rings. The minimum atomic E-state index is -1.14. The Morgan fingerprint density at radius 2 is 2.16 bits per heavy atom. The molecule has 0 atom stereocenters. The average Bonchev–Trinajstić information content (AvgIpc) is 2.96. The summed E-state index contributed by atoms with van der Waals surface area (Å²) in [5.41, 5.74) is -0.0501. The molecular weight excluding hydrogens is 332 g/mol. The van der Waals surface area contributed by atoms with Crippen LogP contribution in [0.2, 0.25) is 0 Å². The predicted molar refractivity (Wildman–Crippen MR) is 86.7 cm³/mol. The number of carbonyl (C=O) groups is 2. The van der Waals surface area contributed by atoms with E-state index in [1.54, 1.807) is 13.8 Å². The Morgan fingerprint density at radius 1 is 1.44 bits per heavy atom. The van der Waals surface area contributed by atoms with Crippen molar-refractivity contribution in [3.8, 4) is 5.75 Å². The topological polar surface area (TPSA) is 137 Å². The Labute approximate surface area is 142 Å². The van der Waals surface area contributed by atoms with Gasteiger partial charge in [0.2, 0.25) is 5.91 Å². The quantitative estimate of drug-likeness (QED) is 0.576. The van der Waals surface area contributed by atoms with Gasteiger partial charge < -0.3 is 15.2 Å². The molecule has 1 aromatic carbocycles. The lowest BCUT2D eigenvalue weighted by Gasteiger charge is -2.15. The van der Waals surface area contributed by atoms with Crippen molar-refractivity contribution in [2.45, 2.75) is 26.5 Å². The number of carboxylic acid groups (broad SMARTS) is 1. The van der Waals surface area contributed by atoms with Crippen LogP contribution >= 0.6 is 0 Å². The van der Waals surface area contributed by atoms with Gasteiger partial charge in [0, 0.05) is 0 Å². The summed E-state index contributed by atoms with van der Waals surface area (Å²) in [6.07, 6.45) is 1.98. The summed E-state index contributed by atoms with van der Waals surface area (Å²) in [5, 5.41) is 26.0. The SMILES string of the molecule is CC(C)Oc1ccc(C(=O)O)cc1NC(=O)Cn1cc([N+](=O)[O-])cn1. The lowest BCUT2D eigenvalue weighted by atomic mass is 10.2. The highest BCUT2D eigenvalue weighted by atomic mass is 16.6. The number of carboxylic acids is 1. The monoisotopic (exact) mass is 348 g/mol. The van der Waals surface area contributed by atoms with Crippen LogP contribution in [-0.4, -0.2) is 37.8 Å². The second-order valence-corrected chi connectivity index (χ2v) is 5.38. The Balaban J connectivity index is 2.18. The number of benzene rings is 1. The summed E-state index contributed by atoms with van der Waals surface area (Å²) < 4.78 is 6.66. The first-order valence-electron chi connectivity index (χ1n) is 7.27. The Kier molecular flexibility index (Phi) is 5.32. The third-order valence-corrected chi connectivity index (χ3v) is 3.00. The van der Waals surface area contributed by atoms with Crippen molar-refractivity contribution in [3.63, 3.8) is 0 Å². The normalized spacial score (nSPS) is 10.5. The third-order valence-electron chi connectivity index (χ3n) is 3.00. The molecule has 0 saturated heterocycles. The second-order valence-electron chi connectivity index (χ2n) is 5.38. The number of aromatic carboxylic acids is 1. The van der Waals surface area contributed by atoms with E-state index in [0.717, 1.165) is 17.1 Å². The van der Waals surface area contributed by atoms with Crippen LogP contribution in [0.4, 0.5) is 11.4 Å². The lowest BCUT2D eigenvalue weighted by Crippen LogP contribution is -2.20. The van der Waals surface area contributed by atoms with Crippen molar-refractivity contribution < 1.29 is 24.4 Å². The van der Waals surface area contributed by atoms with Crippen molar-refractivity contribution in [1.29, 1.82) is 0 Å². The van der Waals surface area contributed by atoms with Crippen LogP contribution in [0.25, 0.3) is 0 Å². The van der Waals surface area contributed by atoms with Gasteiger partial charge in [-0.2, -0.15) is 5.10 Å². The van der Waals surface area contributed by atoms with Gasteiger partial charge in [0.25, 0.3) is 0 Å². The molecule has 1 amide bonds. The van der Waals surface area contributed by atoms with E-state index < -0.39 is 16.8 Å². The van der Waals surface area contributed by atoms with E-state index in [1.807, 2.05) is 0 Å². The molecule has 1 aromatic heterocycles. The fourth-order valence-corrected chi connectivity index (χ4v) is 1.99. The maximum Gasteiger partial charge on any atom is 0.335 e. The Bertz CT molecular complexity index is 814. The molecule has 0 aliphatic carbocycles. The Hall–Kier alpha value is -3.43. The van der Waals surface area contributed by atoms with Crippen LogP contribution in [0.15, 0.2) is 30.6 Å². The standard InChI is InChI=1S/C15H16N4O6/c1-9(2)25-13-4-3-10(15(21)22)5-12(13)17-14(20)8-18-7-11(6-16-18)19(23)24/h3-7,9H,8H2,1-2H3,(H,17,20)(H,21,22). The zero-order valence-corrected chi connectivity index (χ0v) is 13.5.